The molecule has 0 unspecified atom stereocenters. The highest BCUT2D eigenvalue weighted by molar-refractivity contribution is 7.99. The molecule has 0 radical (unpaired) electrons. The zero-order valence-corrected chi connectivity index (χ0v) is 12.5. The van der Waals surface area contributed by atoms with Gasteiger partial charge in [0.1, 0.15) is 10.5 Å². The monoisotopic (exact) mass is 295 g/mol. The first kappa shape index (κ1) is 12.5. The first-order valence-corrected chi connectivity index (χ1v) is 7.57. The lowest BCUT2D eigenvalue weighted by molar-refractivity contribution is 0.544. The van der Waals surface area contributed by atoms with Crippen LogP contribution in [-0.2, 0) is 0 Å². The Morgan fingerprint density at radius 3 is 2.81 bits per heavy atom. The number of fused-ring (bicyclic) bond motifs is 4. The maximum Gasteiger partial charge on any atom is 0.352 e. The molecule has 4 heteroatoms. The average Bonchev–Trinajstić information content (AvgIpc) is 2.45. The second kappa shape index (κ2) is 4.40. The molecule has 0 aliphatic carbocycles. The van der Waals surface area contributed by atoms with E-state index < -0.39 is 0 Å². The van der Waals surface area contributed by atoms with Gasteiger partial charge in [0.2, 0.25) is 0 Å². The van der Waals surface area contributed by atoms with E-state index in [0.717, 1.165) is 32.8 Å². The smallest absolute Gasteiger partial charge is 0.352 e. The lowest BCUT2D eigenvalue weighted by Gasteiger charge is -2.21. The van der Waals surface area contributed by atoms with Gasteiger partial charge in [0.05, 0.1) is 11.4 Å². The van der Waals surface area contributed by atoms with E-state index in [0.29, 0.717) is 10.5 Å². The molecule has 0 saturated carbocycles. The number of benzene rings is 2. The second-order valence-electron chi connectivity index (χ2n) is 5.27. The Hall–Kier alpha value is -2.20. The number of rotatable bonds is 0. The molecule has 0 spiro atoms. The fourth-order valence-corrected chi connectivity index (χ4v) is 3.78. The number of aryl methyl sites for hydroxylation is 2. The molecule has 1 aliphatic rings. The van der Waals surface area contributed by atoms with Gasteiger partial charge in [-0.25, -0.2) is 4.79 Å². The van der Waals surface area contributed by atoms with Gasteiger partial charge >= 0.3 is 5.63 Å². The Labute approximate surface area is 126 Å². The van der Waals surface area contributed by atoms with E-state index >= 15 is 0 Å². The Bertz CT molecular complexity index is 943. The highest BCUT2D eigenvalue weighted by Crippen LogP contribution is 2.45. The zero-order valence-electron chi connectivity index (χ0n) is 11.7. The molecule has 3 aromatic rings. The molecule has 0 atom stereocenters. The van der Waals surface area contributed by atoms with Crippen LogP contribution < -0.4 is 10.9 Å². The molecule has 0 fully saturated rings. The molecule has 0 amide bonds. The summed E-state index contributed by atoms with van der Waals surface area (Å²) in [5.41, 5.74) is 4.45. The van der Waals surface area contributed by atoms with Gasteiger partial charge in [0.25, 0.3) is 0 Å². The van der Waals surface area contributed by atoms with Crippen molar-refractivity contribution >= 4 is 34.1 Å². The third kappa shape index (κ3) is 1.87. The van der Waals surface area contributed by atoms with Crippen LogP contribution in [0.3, 0.4) is 0 Å². The lowest BCUT2D eigenvalue weighted by atomic mass is 10.1. The summed E-state index contributed by atoms with van der Waals surface area (Å²) in [7, 11) is 0. The highest BCUT2D eigenvalue weighted by Gasteiger charge is 2.23. The van der Waals surface area contributed by atoms with Crippen molar-refractivity contribution < 1.29 is 4.42 Å². The van der Waals surface area contributed by atoms with E-state index in [-0.39, 0.29) is 5.63 Å². The number of hydrogen-bond donors (Lipinski definition) is 1. The van der Waals surface area contributed by atoms with Crippen molar-refractivity contribution in [2.75, 3.05) is 5.32 Å². The SMILES string of the molecule is Cc1cc(C)c2c3c(c(=O)oc2c1)Sc1ccccc1N3. The molecule has 2 heterocycles. The first-order chi connectivity index (χ1) is 10.1. The fraction of sp³-hybridized carbons (Fsp3) is 0.118. The second-order valence-corrected chi connectivity index (χ2v) is 6.32. The number of nitrogens with one attached hydrogen (secondary N) is 1. The van der Waals surface area contributed by atoms with Crippen molar-refractivity contribution in [2.45, 2.75) is 23.6 Å². The van der Waals surface area contributed by atoms with Gasteiger partial charge in [-0.05, 0) is 43.2 Å². The quantitative estimate of drug-likeness (QED) is 0.481. The van der Waals surface area contributed by atoms with E-state index in [1.807, 2.05) is 44.2 Å². The van der Waals surface area contributed by atoms with Gasteiger partial charge < -0.3 is 9.73 Å². The maximum atomic E-state index is 12.3. The maximum absolute atomic E-state index is 12.3. The summed E-state index contributed by atoms with van der Waals surface area (Å²) in [5.74, 6) is 0. The normalized spacial score (nSPS) is 12.7. The van der Waals surface area contributed by atoms with Gasteiger partial charge in [-0.15, -0.1) is 0 Å². The van der Waals surface area contributed by atoms with Crippen LogP contribution in [0.2, 0.25) is 0 Å². The highest BCUT2D eigenvalue weighted by atomic mass is 32.2. The molecule has 0 bridgehead atoms. The van der Waals surface area contributed by atoms with E-state index in [4.69, 9.17) is 4.42 Å². The van der Waals surface area contributed by atoms with Crippen molar-refractivity contribution in [3.05, 3.63) is 57.9 Å². The molecule has 0 saturated heterocycles. The van der Waals surface area contributed by atoms with Crippen molar-refractivity contribution in [3.8, 4) is 0 Å². The largest absolute Gasteiger partial charge is 0.422 e. The van der Waals surface area contributed by atoms with Gasteiger partial charge in [-0.3, -0.25) is 0 Å². The molecule has 1 N–H and O–H groups in total. The Kier molecular flexibility index (Phi) is 2.62. The van der Waals surface area contributed by atoms with Crippen molar-refractivity contribution in [3.63, 3.8) is 0 Å². The molecular formula is C17H13NO2S. The molecule has 3 nitrogen and oxygen atoms in total. The minimum atomic E-state index is -0.283. The van der Waals surface area contributed by atoms with Crippen LogP contribution in [0, 0.1) is 13.8 Å². The molecule has 104 valence electrons. The average molecular weight is 295 g/mol. The summed E-state index contributed by atoms with van der Waals surface area (Å²) in [6.45, 7) is 4.05. The van der Waals surface area contributed by atoms with Crippen LogP contribution in [0.15, 0.2) is 55.4 Å². The third-order valence-electron chi connectivity index (χ3n) is 3.67. The van der Waals surface area contributed by atoms with Crippen molar-refractivity contribution in [2.24, 2.45) is 0 Å². The summed E-state index contributed by atoms with van der Waals surface area (Å²) in [6.07, 6.45) is 0. The van der Waals surface area contributed by atoms with Crippen LogP contribution >= 0.6 is 11.8 Å². The number of para-hydroxylation sites is 1. The van der Waals surface area contributed by atoms with Gasteiger partial charge in [0.15, 0.2) is 0 Å². The summed E-state index contributed by atoms with van der Waals surface area (Å²) in [6, 6.07) is 12.0. The van der Waals surface area contributed by atoms with Crippen LogP contribution in [0.25, 0.3) is 11.0 Å². The molecule has 21 heavy (non-hydrogen) atoms. The fourth-order valence-electron chi connectivity index (χ4n) is 2.81. The molecule has 2 aromatic carbocycles. The summed E-state index contributed by atoms with van der Waals surface area (Å²) in [5, 5.41) is 4.39. The van der Waals surface area contributed by atoms with Crippen molar-refractivity contribution in [1.29, 1.82) is 0 Å². The van der Waals surface area contributed by atoms with Gasteiger partial charge in [-0.1, -0.05) is 30.0 Å². The summed E-state index contributed by atoms with van der Waals surface area (Å²) >= 11 is 1.47. The molecular weight excluding hydrogens is 282 g/mol. The molecule has 1 aromatic heterocycles. The van der Waals surface area contributed by atoms with Crippen LogP contribution in [-0.4, -0.2) is 0 Å². The lowest BCUT2D eigenvalue weighted by Crippen LogP contribution is -2.11. The predicted molar refractivity (Wildman–Crippen MR) is 85.8 cm³/mol. The molecule has 4 rings (SSSR count). The Balaban J connectivity index is 2.08. The topological polar surface area (TPSA) is 42.2 Å². The van der Waals surface area contributed by atoms with Crippen LogP contribution in [0.1, 0.15) is 11.1 Å². The minimum Gasteiger partial charge on any atom is -0.422 e. The van der Waals surface area contributed by atoms with Gasteiger partial charge in [0, 0.05) is 10.3 Å². The zero-order chi connectivity index (χ0) is 14.6. The van der Waals surface area contributed by atoms with E-state index in [2.05, 4.69) is 11.4 Å². The molecule has 1 aliphatic heterocycles. The van der Waals surface area contributed by atoms with Crippen molar-refractivity contribution in [1.82, 2.24) is 0 Å². The first-order valence-electron chi connectivity index (χ1n) is 6.75. The van der Waals surface area contributed by atoms with Gasteiger partial charge in [-0.2, -0.15) is 0 Å². The summed E-state index contributed by atoms with van der Waals surface area (Å²) in [4.78, 5) is 14.0. The van der Waals surface area contributed by atoms with Crippen LogP contribution in [0.5, 0.6) is 0 Å². The standard InChI is InChI=1S/C17H13NO2S/c1-9-7-10(2)14-12(8-9)20-17(19)16-15(14)18-11-5-3-4-6-13(11)21-16/h3-8,18H,1-2H3. The van der Waals surface area contributed by atoms with Crippen LogP contribution in [0.4, 0.5) is 11.4 Å². The van der Waals surface area contributed by atoms with E-state index in [1.54, 1.807) is 0 Å². The van der Waals surface area contributed by atoms with E-state index in [1.165, 1.54) is 11.8 Å². The number of anilines is 2. The Morgan fingerprint density at radius 1 is 1.14 bits per heavy atom. The predicted octanol–water partition coefficient (Wildman–Crippen LogP) is 4.62. The third-order valence-corrected chi connectivity index (χ3v) is 4.82. The summed E-state index contributed by atoms with van der Waals surface area (Å²) < 4.78 is 5.52. The Morgan fingerprint density at radius 2 is 1.95 bits per heavy atom. The minimum absolute atomic E-state index is 0.283. The van der Waals surface area contributed by atoms with E-state index in [9.17, 15) is 4.79 Å². The number of hydrogen-bond acceptors (Lipinski definition) is 4.